The second kappa shape index (κ2) is 5.07. The summed E-state index contributed by atoms with van der Waals surface area (Å²) in [5.41, 5.74) is 3.74. The molecule has 2 atom stereocenters. The SMILES string of the molecule is CC(=O)OC[C@@H]1CC2=C(CCCC2(C)C)C[C@@H]1C. The fourth-order valence-corrected chi connectivity index (χ4v) is 3.64. The zero-order chi connectivity index (χ0) is 13.3. The Bertz CT molecular complexity index is 365. The van der Waals surface area contributed by atoms with E-state index in [9.17, 15) is 4.79 Å². The molecule has 18 heavy (non-hydrogen) atoms. The highest BCUT2D eigenvalue weighted by Gasteiger charge is 2.36. The Morgan fingerprint density at radius 1 is 1.39 bits per heavy atom. The van der Waals surface area contributed by atoms with E-state index in [-0.39, 0.29) is 5.97 Å². The lowest BCUT2D eigenvalue weighted by Gasteiger charge is -2.42. The van der Waals surface area contributed by atoms with Crippen LogP contribution in [0, 0.1) is 17.3 Å². The predicted octanol–water partition coefficient (Wildman–Crippen LogP) is 4.10. The first kappa shape index (κ1) is 13.6. The summed E-state index contributed by atoms with van der Waals surface area (Å²) in [6.07, 6.45) is 6.29. The summed E-state index contributed by atoms with van der Waals surface area (Å²) >= 11 is 0. The van der Waals surface area contributed by atoms with Crippen molar-refractivity contribution < 1.29 is 9.53 Å². The number of carbonyl (C=O) groups excluding carboxylic acids is 1. The van der Waals surface area contributed by atoms with Gasteiger partial charge >= 0.3 is 5.97 Å². The van der Waals surface area contributed by atoms with E-state index >= 15 is 0 Å². The van der Waals surface area contributed by atoms with E-state index in [1.165, 1.54) is 32.6 Å². The maximum Gasteiger partial charge on any atom is 0.302 e. The molecule has 0 aromatic heterocycles. The van der Waals surface area contributed by atoms with Gasteiger partial charge in [0.05, 0.1) is 6.61 Å². The molecule has 0 aromatic rings. The molecule has 102 valence electrons. The molecule has 0 spiro atoms. The Labute approximate surface area is 111 Å². The van der Waals surface area contributed by atoms with Crippen molar-refractivity contribution in [1.29, 1.82) is 0 Å². The molecule has 0 unspecified atom stereocenters. The van der Waals surface area contributed by atoms with Crippen LogP contribution in [0.3, 0.4) is 0 Å². The number of hydrogen-bond donors (Lipinski definition) is 0. The second-order valence-corrected chi connectivity index (χ2v) is 6.77. The molecule has 0 bridgehead atoms. The van der Waals surface area contributed by atoms with Gasteiger partial charge in [0.15, 0.2) is 0 Å². The maximum atomic E-state index is 11.0. The highest BCUT2D eigenvalue weighted by atomic mass is 16.5. The van der Waals surface area contributed by atoms with Crippen molar-refractivity contribution in [2.75, 3.05) is 6.61 Å². The van der Waals surface area contributed by atoms with E-state index in [2.05, 4.69) is 20.8 Å². The smallest absolute Gasteiger partial charge is 0.302 e. The number of ether oxygens (including phenoxy) is 1. The van der Waals surface area contributed by atoms with Crippen LogP contribution in [-0.2, 0) is 9.53 Å². The number of allylic oxidation sites excluding steroid dienone is 2. The minimum Gasteiger partial charge on any atom is -0.466 e. The lowest BCUT2D eigenvalue weighted by atomic mass is 9.63. The van der Waals surface area contributed by atoms with Crippen molar-refractivity contribution >= 4 is 5.97 Å². The standard InChI is InChI=1S/C16H26O2/c1-11-8-13-6-5-7-16(3,4)15(13)9-14(11)10-18-12(2)17/h11,14H,5-10H2,1-4H3/t11-,14-/m0/s1. The number of esters is 1. The molecule has 0 fully saturated rings. The van der Waals surface area contributed by atoms with Gasteiger partial charge in [0.1, 0.15) is 0 Å². The van der Waals surface area contributed by atoms with Gasteiger partial charge in [-0.1, -0.05) is 31.9 Å². The van der Waals surface area contributed by atoms with Crippen molar-refractivity contribution in [1.82, 2.24) is 0 Å². The average Bonchev–Trinajstić information content (AvgIpc) is 2.26. The summed E-state index contributed by atoms with van der Waals surface area (Å²) in [6.45, 7) is 9.16. The Morgan fingerprint density at radius 3 is 2.78 bits per heavy atom. The molecule has 2 rings (SSSR count). The molecule has 2 aliphatic rings. The summed E-state index contributed by atoms with van der Waals surface area (Å²) in [7, 11) is 0. The molecule has 0 aromatic carbocycles. The number of hydrogen-bond acceptors (Lipinski definition) is 2. The first-order chi connectivity index (χ1) is 8.40. The van der Waals surface area contributed by atoms with E-state index in [4.69, 9.17) is 4.74 Å². The van der Waals surface area contributed by atoms with E-state index in [1.807, 2.05) is 0 Å². The minimum absolute atomic E-state index is 0.148. The van der Waals surface area contributed by atoms with Crippen molar-refractivity contribution in [3.05, 3.63) is 11.1 Å². The predicted molar refractivity (Wildman–Crippen MR) is 73.2 cm³/mol. The van der Waals surface area contributed by atoms with Crippen LogP contribution in [0.1, 0.15) is 59.8 Å². The van der Waals surface area contributed by atoms with Crippen molar-refractivity contribution in [3.8, 4) is 0 Å². The first-order valence-electron chi connectivity index (χ1n) is 7.25. The normalized spacial score (nSPS) is 30.9. The number of carbonyl (C=O) groups is 1. The summed E-state index contributed by atoms with van der Waals surface area (Å²) in [5.74, 6) is 1.02. The van der Waals surface area contributed by atoms with Gasteiger partial charge in [-0.3, -0.25) is 4.79 Å². The third-order valence-electron chi connectivity index (χ3n) is 4.86. The van der Waals surface area contributed by atoms with Crippen LogP contribution < -0.4 is 0 Å². The lowest BCUT2D eigenvalue weighted by Crippen LogP contribution is -2.32. The Morgan fingerprint density at radius 2 is 2.11 bits per heavy atom. The van der Waals surface area contributed by atoms with Gasteiger partial charge in [0.25, 0.3) is 0 Å². The topological polar surface area (TPSA) is 26.3 Å². The summed E-state index contributed by atoms with van der Waals surface area (Å²) in [4.78, 5) is 11.0. The Balaban J connectivity index is 2.11. The minimum atomic E-state index is -0.148. The summed E-state index contributed by atoms with van der Waals surface area (Å²) in [6, 6.07) is 0. The molecule has 2 nitrogen and oxygen atoms in total. The van der Waals surface area contributed by atoms with Gasteiger partial charge in [-0.15, -0.1) is 0 Å². The van der Waals surface area contributed by atoms with Crippen molar-refractivity contribution in [2.24, 2.45) is 17.3 Å². The second-order valence-electron chi connectivity index (χ2n) is 6.77. The molecule has 0 amide bonds. The van der Waals surface area contributed by atoms with Crippen LogP contribution in [0.15, 0.2) is 11.1 Å². The molecule has 0 aliphatic heterocycles. The van der Waals surface area contributed by atoms with Crippen LogP contribution in [0.25, 0.3) is 0 Å². The lowest BCUT2D eigenvalue weighted by molar-refractivity contribution is -0.142. The van der Waals surface area contributed by atoms with Gasteiger partial charge in [0.2, 0.25) is 0 Å². The van der Waals surface area contributed by atoms with Gasteiger partial charge in [0, 0.05) is 6.92 Å². The highest BCUT2D eigenvalue weighted by Crippen LogP contribution is 2.49. The molecule has 0 saturated carbocycles. The van der Waals surface area contributed by atoms with Crippen molar-refractivity contribution in [2.45, 2.75) is 59.8 Å². The largest absolute Gasteiger partial charge is 0.466 e. The molecule has 0 heterocycles. The molecular formula is C16H26O2. The van der Waals surface area contributed by atoms with Gasteiger partial charge in [-0.2, -0.15) is 0 Å². The van der Waals surface area contributed by atoms with Gasteiger partial charge < -0.3 is 4.74 Å². The Hall–Kier alpha value is -0.790. The molecule has 0 N–H and O–H groups in total. The maximum absolute atomic E-state index is 11.0. The van der Waals surface area contributed by atoms with Crippen molar-refractivity contribution in [3.63, 3.8) is 0 Å². The van der Waals surface area contributed by atoms with E-state index in [1.54, 1.807) is 11.1 Å². The van der Waals surface area contributed by atoms with Gasteiger partial charge in [-0.25, -0.2) is 0 Å². The zero-order valence-electron chi connectivity index (χ0n) is 12.2. The molecule has 0 radical (unpaired) electrons. The van der Waals surface area contributed by atoms with Crippen LogP contribution in [-0.4, -0.2) is 12.6 Å². The van der Waals surface area contributed by atoms with E-state index < -0.39 is 0 Å². The van der Waals surface area contributed by atoms with Crippen LogP contribution in [0.5, 0.6) is 0 Å². The third kappa shape index (κ3) is 2.78. The first-order valence-corrected chi connectivity index (χ1v) is 7.25. The Kier molecular flexibility index (Phi) is 3.84. The average molecular weight is 250 g/mol. The van der Waals surface area contributed by atoms with Crippen LogP contribution >= 0.6 is 0 Å². The molecular weight excluding hydrogens is 224 g/mol. The zero-order valence-corrected chi connectivity index (χ0v) is 12.2. The van der Waals surface area contributed by atoms with Gasteiger partial charge in [-0.05, 0) is 49.4 Å². The fraction of sp³-hybridized carbons (Fsp3) is 0.812. The van der Waals surface area contributed by atoms with Crippen LogP contribution in [0.2, 0.25) is 0 Å². The number of rotatable bonds is 2. The monoisotopic (exact) mass is 250 g/mol. The summed E-state index contributed by atoms with van der Waals surface area (Å²) in [5, 5.41) is 0. The third-order valence-corrected chi connectivity index (χ3v) is 4.86. The fourth-order valence-electron chi connectivity index (χ4n) is 3.64. The van der Waals surface area contributed by atoms with Crippen LogP contribution in [0.4, 0.5) is 0 Å². The van der Waals surface area contributed by atoms with E-state index in [0.717, 1.165) is 6.42 Å². The summed E-state index contributed by atoms with van der Waals surface area (Å²) < 4.78 is 5.24. The molecule has 2 aliphatic carbocycles. The molecule has 2 heteroatoms. The highest BCUT2D eigenvalue weighted by molar-refractivity contribution is 5.65. The quantitative estimate of drug-likeness (QED) is 0.545. The van der Waals surface area contributed by atoms with E-state index in [0.29, 0.717) is 23.9 Å². The molecule has 0 saturated heterocycles.